The molecule has 0 saturated carbocycles. The third-order valence-corrected chi connectivity index (χ3v) is 2.47. The number of nitrogen functional groups attached to an aromatic ring is 1. The zero-order valence-electron chi connectivity index (χ0n) is 6.79. The van der Waals surface area contributed by atoms with Gasteiger partial charge < -0.3 is 10.7 Å². The molecule has 0 aliphatic rings. The smallest absolute Gasteiger partial charge is 0.197 e. The summed E-state index contributed by atoms with van der Waals surface area (Å²) in [5.41, 5.74) is 7.53. The maximum Gasteiger partial charge on any atom is 0.197 e. The molecule has 0 amide bonds. The molecule has 2 aromatic rings. The Bertz CT molecular complexity index is 405. The number of benzene rings is 1. The zero-order valence-corrected chi connectivity index (χ0v) is 8.95. The highest BCUT2D eigenvalue weighted by Gasteiger charge is 1.99. The van der Waals surface area contributed by atoms with Crippen LogP contribution in [0.4, 0.5) is 5.95 Å². The van der Waals surface area contributed by atoms with Gasteiger partial charge in [0.2, 0.25) is 0 Å². The van der Waals surface area contributed by atoms with Crippen molar-refractivity contribution in [2.24, 2.45) is 0 Å². The standard InChI is InChI=1S/C9H8IN3/c10-7-3-1-6(2-4-7)8-5-12-9(11)13-8/h1-5H,(H3,11,12,13). The van der Waals surface area contributed by atoms with Gasteiger partial charge >= 0.3 is 0 Å². The summed E-state index contributed by atoms with van der Waals surface area (Å²) < 4.78 is 1.22. The molecular formula is C9H8IN3. The van der Waals surface area contributed by atoms with E-state index < -0.39 is 0 Å². The Morgan fingerprint density at radius 1 is 1.23 bits per heavy atom. The van der Waals surface area contributed by atoms with Crippen LogP contribution in [0.5, 0.6) is 0 Å². The average molecular weight is 285 g/mol. The third-order valence-electron chi connectivity index (χ3n) is 1.75. The van der Waals surface area contributed by atoms with E-state index in [9.17, 15) is 0 Å². The van der Waals surface area contributed by atoms with Gasteiger partial charge in [-0.25, -0.2) is 4.98 Å². The lowest BCUT2D eigenvalue weighted by atomic mass is 10.2. The van der Waals surface area contributed by atoms with Gasteiger partial charge in [0.05, 0.1) is 11.9 Å². The number of hydrogen-bond donors (Lipinski definition) is 2. The SMILES string of the molecule is Nc1ncc(-c2ccc(I)cc2)[nH]1. The fourth-order valence-electron chi connectivity index (χ4n) is 1.11. The number of halogens is 1. The number of nitrogens with two attached hydrogens (primary N) is 1. The average Bonchev–Trinajstić information content (AvgIpc) is 2.53. The number of aromatic nitrogens is 2. The van der Waals surface area contributed by atoms with Crippen LogP contribution in [0, 0.1) is 3.57 Å². The zero-order chi connectivity index (χ0) is 9.26. The van der Waals surface area contributed by atoms with Crippen LogP contribution < -0.4 is 5.73 Å². The van der Waals surface area contributed by atoms with Crippen LogP contribution in [-0.2, 0) is 0 Å². The van der Waals surface area contributed by atoms with E-state index in [0.29, 0.717) is 5.95 Å². The highest BCUT2D eigenvalue weighted by molar-refractivity contribution is 14.1. The van der Waals surface area contributed by atoms with Gasteiger partial charge in [-0.05, 0) is 40.3 Å². The topological polar surface area (TPSA) is 54.7 Å². The predicted octanol–water partition coefficient (Wildman–Crippen LogP) is 2.26. The molecule has 0 bridgehead atoms. The second kappa shape index (κ2) is 3.37. The van der Waals surface area contributed by atoms with Gasteiger partial charge in [0.25, 0.3) is 0 Å². The van der Waals surface area contributed by atoms with E-state index in [2.05, 4.69) is 32.6 Å². The van der Waals surface area contributed by atoms with Crippen molar-refractivity contribution in [2.45, 2.75) is 0 Å². The molecule has 13 heavy (non-hydrogen) atoms. The Balaban J connectivity index is 2.41. The van der Waals surface area contributed by atoms with Crippen molar-refractivity contribution in [3.63, 3.8) is 0 Å². The number of imidazole rings is 1. The number of anilines is 1. The Morgan fingerprint density at radius 2 is 1.92 bits per heavy atom. The van der Waals surface area contributed by atoms with Crippen LogP contribution >= 0.6 is 22.6 Å². The van der Waals surface area contributed by atoms with Crippen molar-refractivity contribution in [3.8, 4) is 11.3 Å². The van der Waals surface area contributed by atoms with E-state index in [-0.39, 0.29) is 0 Å². The van der Waals surface area contributed by atoms with Crippen molar-refractivity contribution >= 4 is 28.5 Å². The first-order valence-electron chi connectivity index (χ1n) is 3.82. The Morgan fingerprint density at radius 3 is 2.46 bits per heavy atom. The van der Waals surface area contributed by atoms with Crippen molar-refractivity contribution in [1.82, 2.24) is 9.97 Å². The van der Waals surface area contributed by atoms with Gasteiger partial charge in [-0.2, -0.15) is 0 Å². The molecule has 0 spiro atoms. The first-order valence-corrected chi connectivity index (χ1v) is 4.90. The van der Waals surface area contributed by atoms with Crippen LogP contribution in [0.1, 0.15) is 0 Å². The summed E-state index contributed by atoms with van der Waals surface area (Å²) in [6.07, 6.45) is 1.73. The Hall–Kier alpha value is -1.04. The Labute approximate surface area is 89.5 Å². The van der Waals surface area contributed by atoms with E-state index in [1.165, 1.54) is 3.57 Å². The van der Waals surface area contributed by atoms with E-state index in [0.717, 1.165) is 11.3 Å². The highest BCUT2D eigenvalue weighted by atomic mass is 127. The molecule has 0 aliphatic heterocycles. The molecular weight excluding hydrogens is 277 g/mol. The number of nitrogens with zero attached hydrogens (tertiary/aromatic N) is 1. The van der Waals surface area contributed by atoms with Crippen molar-refractivity contribution in [2.75, 3.05) is 5.73 Å². The minimum absolute atomic E-state index is 0.452. The lowest BCUT2D eigenvalue weighted by molar-refractivity contribution is 1.33. The van der Waals surface area contributed by atoms with Crippen LogP contribution in [0.15, 0.2) is 30.5 Å². The van der Waals surface area contributed by atoms with Gasteiger partial charge in [0.1, 0.15) is 0 Å². The van der Waals surface area contributed by atoms with Crippen LogP contribution in [0.2, 0.25) is 0 Å². The van der Waals surface area contributed by atoms with E-state index in [1.54, 1.807) is 6.20 Å². The summed E-state index contributed by atoms with van der Waals surface area (Å²) in [7, 11) is 0. The number of rotatable bonds is 1. The molecule has 3 nitrogen and oxygen atoms in total. The second-order valence-electron chi connectivity index (χ2n) is 2.69. The molecule has 3 N–H and O–H groups in total. The van der Waals surface area contributed by atoms with Crippen LogP contribution in [0.25, 0.3) is 11.3 Å². The normalized spacial score (nSPS) is 10.2. The summed E-state index contributed by atoms with van der Waals surface area (Å²) in [5.74, 6) is 0.452. The molecule has 0 atom stereocenters. The van der Waals surface area contributed by atoms with Gasteiger partial charge in [-0.3, -0.25) is 0 Å². The summed E-state index contributed by atoms with van der Waals surface area (Å²) in [6, 6.07) is 8.17. The molecule has 1 heterocycles. The largest absolute Gasteiger partial charge is 0.369 e. The summed E-state index contributed by atoms with van der Waals surface area (Å²) in [6.45, 7) is 0. The maximum absolute atomic E-state index is 5.48. The number of aromatic amines is 1. The molecule has 1 aromatic heterocycles. The highest BCUT2D eigenvalue weighted by Crippen LogP contribution is 2.18. The Kier molecular flexibility index (Phi) is 2.22. The number of H-pyrrole nitrogens is 1. The minimum atomic E-state index is 0.452. The van der Waals surface area contributed by atoms with Gasteiger partial charge in [0, 0.05) is 3.57 Å². The second-order valence-corrected chi connectivity index (χ2v) is 3.93. The molecule has 0 unspecified atom stereocenters. The lowest BCUT2D eigenvalue weighted by Gasteiger charge is -1.96. The molecule has 66 valence electrons. The first-order chi connectivity index (χ1) is 6.25. The number of hydrogen-bond acceptors (Lipinski definition) is 2. The first kappa shape index (κ1) is 8.55. The summed E-state index contributed by atoms with van der Waals surface area (Å²) in [4.78, 5) is 6.91. The van der Waals surface area contributed by atoms with Crippen LogP contribution in [0.3, 0.4) is 0 Å². The van der Waals surface area contributed by atoms with Crippen molar-refractivity contribution in [1.29, 1.82) is 0 Å². The lowest BCUT2D eigenvalue weighted by Crippen LogP contribution is -1.85. The van der Waals surface area contributed by atoms with Gasteiger partial charge in [0.15, 0.2) is 5.95 Å². The fraction of sp³-hybridized carbons (Fsp3) is 0. The number of nitrogens with one attached hydrogen (secondary N) is 1. The fourth-order valence-corrected chi connectivity index (χ4v) is 1.47. The molecule has 0 radical (unpaired) electrons. The summed E-state index contributed by atoms with van der Waals surface area (Å²) in [5, 5.41) is 0. The molecule has 1 aromatic carbocycles. The van der Waals surface area contributed by atoms with Crippen LogP contribution in [-0.4, -0.2) is 9.97 Å². The van der Waals surface area contributed by atoms with E-state index in [1.807, 2.05) is 24.3 Å². The van der Waals surface area contributed by atoms with Crippen molar-refractivity contribution < 1.29 is 0 Å². The van der Waals surface area contributed by atoms with E-state index in [4.69, 9.17) is 5.73 Å². The molecule has 0 fully saturated rings. The molecule has 2 rings (SSSR count). The van der Waals surface area contributed by atoms with E-state index >= 15 is 0 Å². The molecule has 4 heteroatoms. The molecule has 0 saturated heterocycles. The van der Waals surface area contributed by atoms with Gasteiger partial charge in [-0.15, -0.1) is 0 Å². The van der Waals surface area contributed by atoms with Crippen molar-refractivity contribution in [3.05, 3.63) is 34.0 Å². The monoisotopic (exact) mass is 285 g/mol. The quantitative estimate of drug-likeness (QED) is 0.790. The molecule has 0 aliphatic carbocycles. The summed E-state index contributed by atoms with van der Waals surface area (Å²) >= 11 is 2.27. The maximum atomic E-state index is 5.48. The minimum Gasteiger partial charge on any atom is -0.369 e. The predicted molar refractivity (Wildman–Crippen MR) is 61.2 cm³/mol. The van der Waals surface area contributed by atoms with Gasteiger partial charge in [-0.1, -0.05) is 12.1 Å². The third kappa shape index (κ3) is 1.82.